The minimum atomic E-state index is -1.43. The van der Waals surface area contributed by atoms with Gasteiger partial charge in [-0.05, 0) is 62.0 Å². The van der Waals surface area contributed by atoms with Crippen LogP contribution < -0.4 is 48.8 Å². The molecule has 92 heavy (non-hydrogen) atoms. The number of ether oxygens (including phenoxy) is 3. The lowest BCUT2D eigenvalue weighted by Crippen LogP contribution is -2.56. The summed E-state index contributed by atoms with van der Waals surface area (Å²) in [6.07, 6.45) is 11.0. The Balaban J connectivity index is 1.31. The lowest BCUT2D eigenvalue weighted by Gasteiger charge is -2.25. The summed E-state index contributed by atoms with van der Waals surface area (Å²) in [5.74, 6) is -6.88. The van der Waals surface area contributed by atoms with Crippen molar-refractivity contribution in [3.8, 4) is 0 Å². The first-order valence-corrected chi connectivity index (χ1v) is 33.8. The molecule has 0 radical (unpaired) electrons. The number of rotatable bonds is 49. The Kier molecular flexibility index (Phi) is 39.0. The highest BCUT2D eigenvalue weighted by Gasteiger charge is 2.35. The van der Waals surface area contributed by atoms with Gasteiger partial charge in [0.25, 0.3) is 17.7 Å². The molecule has 3 heterocycles. The van der Waals surface area contributed by atoms with Crippen molar-refractivity contribution in [2.45, 2.75) is 199 Å². The molecule has 2 aromatic rings. The fourth-order valence-electron chi connectivity index (χ4n) is 8.88. The average Bonchev–Trinajstić information content (AvgIpc) is 2.12. The number of carbonyl (C=O) groups is 12. The largest absolute Gasteiger partial charge is 0.519 e. The normalized spacial score (nSPS) is 13.2. The van der Waals surface area contributed by atoms with Crippen molar-refractivity contribution in [2.75, 3.05) is 64.9 Å². The van der Waals surface area contributed by atoms with E-state index in [0.717, 1.165) is 64.0 Å². The summed E-state index contributed by atoms with van der Waals surface area (Å²) in [5.41, 5.74) is 5.91. The van der Waals surface area contributed by atoms with Crippen LogP contribution in [0.15, 0.2) is 37.0 Å². The van der Waals surface area contributed by atoms with Crippen LogP contribution in [-0.2, 0) is 73.6 Å². The highest BCUT2D eigenvalue weighted by Crippen LogP contribution is 2.30. The average molecular weight is 1340 g/mol. The van der Waals surface area contributed by atoms with Crippen LogP contribution in [0.25, 0.3) is 0 Å². The zero-order valence-electron chi connectivity index (χ0n) is 53.5. The number of aryl methyl sites for hydroxylation is 1. The minimum absolute atomic E-state index is 0.0165. The van der Waals surface area contributed by atoms with Crippen LogP contribution in [0.5, 0.6) is 0 Å². The number of hydrogen-bond donors (Lipinski definition) is 8. The minimum Gasteiger partial charge on any atom is -0.441 e. The van der Waals surface area contributed by atoms with Crippen LogP contribution in [0.3, 0.4) is 0 Å². The Hall–Kier alpha value is -7.58. The first kappa shape index (κ1) is 78.7. The summed E-state index contributed by atoms with van der Waals surface area (Å²) in [4.78, 5) is 174. The third kappa shape index (κ3) is 32.6. The van der Waals surface area contributed by atoms with E-state index in [4.69, 9.17) is 33.6 Å². The van der Waals surface area contributed by atoms with Gasteiger partial charge in [-0.1, -0.05) is 102 Å². The number of nitrogens with two attached hydrogens (primary N) is 1. The number of imide groups is 1. The van der Waals surface area contributed by atoms with Crippen molar-refractivity contribution < 1.29 is 85.4 Å². The number of unbranched alkanes of at least 4 members (excludes halogenated alkanes) is 9. The molecule has 1 fully saturated rings. The second kappa shape index (κ2) is 45.6. The number of amides is 11. The molecule has 30 nitrogen and oxygen atoms in total. The number of nitrogens with one attached hydrogen (secondary N) is 7. The molecule has 0 unspecified atom stereocenters. The van der Waals surface area contributed by atoms with E-state index in [1.807, 2.05) is 20.8 Å². The zero-order valence-corrected chi connectivity index (χ0v) is 55.1. The van der Waals surface area contributed by atoms with Gasteiger partial charge in [0.1, 0.15) is 35.8 Å². The Bertz CT molecular complexity index is 2730. The summed E-state index contributed by atoms with van der Waals surface area (Å²) in [6.45, 7) is 8.57. The maximum Gasteiger partial charge on any atom is 0.519 e. The zero-order chi connectivity index (χ0) is 67.6. The maximum atomic E-state index is 13.6. The van der Waals surface area contributed by atoms with Gasteiger partial charge in [-0.2, -0.15) is 0 Å². The second-order valence-corrected chi connectivity index (χ2v) is 24.1. The van der Waals surface area contributed by atoms with Crippen molar-refractivity contribution in [2.24, 2.45) is 5.73 Å². The molecule has 4 atom stereocenters. The van der Waals surface area contributed by atoms with Crippen LogP contribution >= 0.6 is 21.6 Å². The Labute approximate surface area is 543 Å². The summed E-state index contributed by atoms with van der Waals surface area (Å²) in [6, 6.07) is -0.764. The molecular weight excluding hydrogens is 1240 g/mol. The molecule has 2 aromatic heterocycles. The number of nitrogens with zero attached hydrogens (tertiary/aromatic N) is 3. The highest BCUT2D eigenvalue weighted by atomic mass is 33.1. The molecule has 1 aliphatic heterocycles. The molecule has 1 saturated heterocycles. The molecule has 514 valence electrons. The van der Waals surface area contributed by atoms with Crippen LogP contribution in [0, 0.1) is 6.92 Å². The Morgan fingerprint density at radius 1 is 0.663 bits per heavy atom. The van der Waals surface area contributed by atoms with Crippen molar-refractivity contribution in [1.82, 2.24) is 52.2 Å². The third-order valence-electron chi connectivity index (χ3n) is 14.0. The van der Waals surface area contributed by atoms with E-state index < -0.39 is 108 Å². The molecular formula is C60H93N11O19S2. The first-order chi connectivity index (χ1) is 44.1. The van der Waals surface area contributed by atoms with Gasteiger partial charge < -0.3 is 75.7 Å². The molecule has 0 saturated carbocycles. The van der Waals surface area contributed by atoms with E-state index in [1.54, 1.807) is 22.9 Å². The summed E-state index contributed by atoms with van der Waals surface area (Å²) in [5, 5.41) is 19.6. The van der Waals surface area contributed by atoms with Gasteiger partial charge in [0, 0.05) is 70.9 Å². The molecule has 0 aliphatic carbocycles. The fraction of sp³-hybridized carbons (Fsp3) is 0.667. The van der Waals surface area contributed by atoms with Gasteiger partial charge >= 0.3 is 17.9 Å². The van der Waals surface area contributed by atoms with Gasteiger partial charge in [-0.15, -0.1) is 5.06 Å². The van der Waals surface area contributed by atoms with Crippen LogP contribution in [-0.4, -0.2) is 175 Å². The predicted molar refractivity (Wildman–Crippen MR) is 336 cm³/mol. The molecule has 3 rings (SSSR count). The maximum absolute atomic E-state index is 13.6. The SMILES string of the molecule is CCCCC[C@H](NC(=O)[C@H](CCCCC)NC(=O)[C@H](CCCCC)NC(=O)COCCOCCNC(=O)CCNC(=O)c1ccc(SSCCCCCCN(CCNC(=O)[C@H](CC(=O)ON2C(=O)CCC2=O)NC(C)=O)C(=O)OCc2oc(=O)oc2C)nc1)C(N)=O. The van der Waals surface area contributed by atoms with Crippen molar-refractivity contribution >= 4 is 92.7 Å². The third-order valence-corrected chi connectivity index (χ3v) is 16.3. The summed E-state index contributed by atoms with van der Waals surface area (Å²) < 4.78 is 26.1. The number of hydrogen-bond acceptors (Lipinski definition) is 22. The second-order valence-electron chi connectivity index (χ2n) is 21.6. The van der Waals surface area contributed by atoms with Gasteiger partial charge in [0.2, 0.25) is 41.4 Å². The van der Waals surface area contributed by atoms with E-state index in [1.165, 1.54) is 28.8 Å². The van der Waals surface area contributed by atoms with Gasteiger partial charge in [0.05, 0.1) is 31.8 Å². The quantitative estimate of drug-likeness (QED) is 0.0267. The lowest BCUT2D eigenvalue weighted by atomic mass is 10.0. The van der Waals surface area contributed by atoms with Crippen LogP contribution in [0.1, 0.15) is 178 Å². The summed E-state index contributed by atoms with van der Waals surface area (Å²) in [7, 11) is 3.01. The Morgan fingerprint density at radius 2 is 1.29 bits per heavy atom. The van der Waals surface area contributed by atoms with E-state index in [0.29, 0.717) is 67.0 Å². The molecule has 0 aromatic carbocycles. The Morgan fingerprint density at radius 3 is 1.90 bits per heavy atom. The lowest BCUT2D eigenvalue weighted by molar-refractivity contribution is -0.197. The highest BCUT2D eigenvalue weighted by molar-refractivity contribution is 8.76. The number of hydroxylamine groups is 2. The van der Waals surface area contributed by atoms with Crippen molar-refractivity contribution in [3.05, 3.63) is 46.0 Å². The first-order valence-electron chi connectivity index (χ1n) is 31.4. The van der Waals surface area contributed by atoms with Crippen LogP contribution in [0.2, 0.25) is 0 Å². The molecule has 0 spiro atoms. The van der Waals surface area contributed by atoms with E-state index in [2.05, 4.69) is 42.2 Å². The number of carbonyl (C=O) groups excluding carboxylic acids is 12. The number of pyridine rings is 1. The topological polar surface area (TPSA) is 415 Å². The molecule has 1 aliphatic rings. The van der Waals surface area contributed by atoms with Gasteiger partial charge in [-0.25, -0.2) is 19.4 Å². The smallest absolute Gasteiger partial charge is 0.441 e. The molecule has 11 amide bonds. The van der Waals surface area contributed by atoms with Gasteiger partial charge in [0.15, 0.2) is 18.1 Å². The number of aromatic nitrogens is 1. The standard InChI is InChI=1S/C60H93N11O19S2/c1-6-9-14-19-43(54(61)78)68-58(82)45(21-16-11-8-3)69-57(81)44(20-15-10-7-2)67-49(74)39-86-34-33-85-32-29-62-48(73)26-27-63-55(79)42-22-23-50(65-37-42)92-91-35-18-13-12-17-30-70(59(83)87-38-47-40(4)88-60(84)89-47)31-28-64-56(80)46(66-41(5)72)36-53(77)90-71-51(75)24-25-52(71)76/h22-23,37,43-46H,6-21,24-36,38-39H2,1-5H3,(H2,61,78)(H,62,73)(H,63,79)(H,64,80)(H,66,72)(H,67,74)(H,68,82)(H,69,81)/t43-,44-,45-,46-/m0/s1. The summed E-state index contributed by atoms with van der Waals surface area (Å²) >= 11 is 0. The molecule has 32 heteroatoms. The van der Waals surface area contributed by atoms with Crippen molar-refractivity contribution in [1.29, 1.82) is 0 Å². The van der Waals surface area contributed by atoms with Crippen LogP contribution in [0.4, 0.5) is 4.79 Å². The molecule has 0 bridgehead atoms. The van der Waals surface area contributed by atoms with Crippen molar-refractivity contribution in [3.63, 3.8) is 0 Å². The van der Waals surface area contributed by atoms with E-state index >= 15 is 0 Å². The van der Waals surface area contributed by atoms with E-state index in [9.17, 15) is 62.3 Å². The van der Waals surface area contributed by atoms with Gasteiger partial charge in [-0.3, -0.25) is 47.9 Å². The van der Waals surface area contributed by atoms with E-state index in [-0.39, 0.29) is 95.8 Å². The predicted octanol–water partition coefficient (Wildman–Crippen LogP) is 3.44. The fourth-order valence-corrected chi connectivity index (χ4v) is 10.9. The molecule has 9 N–H and O–H groups in total. The monoisotopic (exact) mass is 1340 g/mol. The number of primary amides is 1.